The molecule has 2 rings (SSSR count). The molecule has 0 amide bonds. The summed E-state index contributed by atoms with van der Waals surface area (Å²) in [5, 5.41) is 9.96. The maximum absolute atomic E-state index is 9.96. The van der Waals surface area contributed by atoms with Gasteiger partial charge < -0.3 is 15.6 Å². The number of benzene rings is 2. The van der Waals surface area contributed by atoms with Crippen molar-refractivity contribution >= 4 is 0 Å². The number of hydrogen-bond acceptors (Lipinski definition) is 3. The normalized spacial score (nSPS) is 11.4. The molecule has 1 atom stereocenters. The molecule has 3 nitrogen and oxygen atoms in total. The molecule has 2 aromatic rings. The minimum atomic E-state index is -0.539. The molecular formula is C18H19NO2. The van der Waals surface area contributed by atoms with Crippen LogP contribution in [0.25, 0.3) is 0 Å². The third-order valence-electron chi connectivity index (χ3n) is 3.16. The molecule has 3 heteroatoms. The van der Waals surface area contributed by atoms with Gasteiger partial charge in [-0.1, -0.05) is 36.1 Å². The van der Waals surface area contributed by atoms with Crippen molar-refractivity contribution in [2.75, 3.05) is 13.7 Å². The fourth-order valence-electron chi connectivity index (χ4n) is 2.04. The number of nitrogens with two attached hydrogens (primary N) is 1. The molecule has 0 saturated heterocycles. The van der Waals surface area contributed by atoms with Gasteiger partial charge in [0.15, 0.2) is 0 Å². The number of para-hydroxylation sites is 1. The Bertz CT molecular complexity index is 656. The van der Waals surface area contributed by atoms with Gasteiger partial charge in [0, 0.05) is 5.56 Å². The third kappa shape index (κ3) is 4.09. The molecule has 1 unspecified atom stereocenters. The lowest BCUT2D eigenvalue weighted by molar-refractivity contribution is 0.170. The zero-order chi connectivity index (χ0) is 15.1. The van der Waals surface area contributed by atoms with Gasteiger partial charge in [0.05, 0.1) is 18.8 Å². The van der Waals surface area contributed by atoms with E-state index in [0.29, 0.717) is 13.0 Å². The summed E-state index contributed by atoms with van der Waals surface area (Å²) in [6, 6.07) is 15.2. The largest absolute Gasteiger partial charge is 0.495 e. The second kappa shape index (κ2) is 7.49. The summed E-state index contributed by atoms with van der Waals surface area (Å²) in [5.74, 6) is 6.95. The molecule has 0 heterocycles. The predicted octanol–water partition coefficient (Wildman–Crippen LogP) is 2.48. The molecule has 0 aliphatic carbocycles. The molecule has 0 radical (unpaired) electrons. The van der Waals surface area contributed by atoms with E-state index in [4.69, 9.17) is 10.5 Å². The second-order valence-corrected chi connectivity index (χ2v) is 4.67. The summed E-state index contributed by atoms with van der Waals surface area (Å²) < 4.78 is 5.27. The molecule has 0 bridgehead atoms. The SMILES string of the molecule is COc1ccccc1C#Cc1cccc(C(O)CCN)c1. The van der Waals surface area contributed by atoms with E-state index in [-0.39, 0.29) is 0 Å². The first kappa shape index (κ1) is 15.1. The van der Waals surface area contributed by atoms with E-state index < -0.39 is 6.10 Å². The maximum Gasteiger partial charge on any atom is 0.134 e. The molecule has 2 aromatic carbocycles. The zero-order valence-electron chi connectivity index (χ0n) is 12.0. The lowest BCUT2D eigenvalue weighted by Gasteiger charge is -2.09. The number of hydrogen-bond donors (Lipinski definition) is 2. The molecule has 0 aromatic heterocycles. The number of methoxy groups -OCH3 is 1. The lowest BCUT2D eigenvalue weighted by atomic mass is 10.0. The van der Waals surface area contributed by atoms with E-state index in [0.717, 1.165) is 22.4 Å². The smallest absolute Gasteiger partial charge is 0.134 e. The van der Waals surface area contributed by atoms with Crippen molar-refractivity contribution in [3.63, 3.8) is 0 Å². The fourth-order valence-corrected chi connectivity index (χ4v) is 2.04. The van der Waals surface area contributed by atoms with Crippen molar-refractivity contribution in [2.45, 2.75) is 12.5 Å². The first-order chi connectivity index (χ1) is 10.2. The van der Waals surface area contributed by atoms with Gasteiger partial charge in [0.25, 0.3) is 0 Å². The van der Waals surface area contributed by atoms with Crippen LogP contribution in [-0.2, 0) is 0 Å². The molecule has 3 N–H and O–H groups in total. The summed E-state index contributed by atoms with van der Waals surface area (Å²) in [6.45, 7) is 0.457. The first-order valence-corrected chi connectivity index (χ1v) is 6.87. The van der Waals surface area contributed by atoms with Gasteiger partial charge in [-0.25, -0.2) is 0 Å². The Morgan fingerprint density at radius 2 is 1.95 bits per heavy atom. The summed E-state index contributed by atoms with van der Waals surface area (Å²) >= 11 is 0. The van der Waals surface area contributed by atoms with Gasteiger partial charge in [-0.15, -0.1) is 0 Å². The standard InChI is InChI=1S/C18H19NO2/c1-21-18-8-3-2-6-15(18)10-9-14-5-4-7-16(13-14)17(20)11-12-19/h2-8,13,17,20H,11-12,19H2,1H3. The average Bonchev–Trinajstić information content (AvgIpc) is 2.53. The van der Waals surface area contributed by atoms with Crippen LogP contribution in [0, 0.1) is 11.8 Å². The molecule has 0 fully saturated rings. The van der Waals surface area contributed by atoms with Crippen molar-refractivity contribution in [1.82, 2.24) is 0 Å². The minimum Gasteiger partial charge on any atom is -0.495 e. The summed E-state index contributed by atoms with van der Waals surface area (Å²) in [4.78, 5) is 0. The Labute approximate surface area is 125 Å². The van der Waals surface area contributed by atoms with E-state index in [1.807, 2.05) is 48.5 Å². The van der Waals surface area contributed by atoms with Crippen molar-refractivity contribution in [1.29, 1.82) is 0 Å². The van der Waals surface area contributed by atoms with E-state index in [1.54, 1.807) is 7.11 Å². The molecular weight excluding hydrogens is 262 g/mol. The molecule has 21 heavy (non-hydrogen) atoms. The highest BCUT2D eigenvalue weighted by Crippen LogP contribution is 2.18. The zero-order valence-corrected chi connectivity index (χ0v) is 12.0. The van der Waals surface area contributed by atoms with Crippen LogP contribution in [0.2, 0.25) is 0 Å². The molecule has 0 saturated carbocycles. The third-order valence-corrected chi connectivity index (χ3v) is 3.16. The highest BCUT2D eigenvalue weighted by molar-refractivity contribution is 5.50. The molecule has 0 spiro atoms. The van der Waals surface area contributed by atoms with Crippen LogP contribution in [0.4, 0.5) is 0 Å². The number of ether oxygens (including phenoxy) is 1. The Kier molecular flexibility index (Phi) is 5.39. The summed E-state index contributed by atoms with van der Waals surface area (Å²) in [5.41, 5.74) is 8.01. The van der Waals surface area contributed by atoms with Crippen LogP contribution in [0.5, 0.6) is 5.75 Å². The average molecular weight is 281 g/mol. The minimum absolute atomic E-state index is 0.457. The van der Waals surface area contributed by atoms with Crippen LogP contribution in [0.15, 0.2) is 48.5 Å². The van der Waals surface area contributed by atoms with E-state index >= 15 is 0 Å². The molecule has 0 aliphatic rings. The second-order valence-electron chi connectivity index (χ2n) is 4.67. The van der Waals surface area contributed by atoms with Gasteiger partial charge in [-0.2, -0.15) is 0 Å². The van der Waals surface area contributed by atoms with Crippen molar-refractivity contribution < 1.29 is 9.84 Å². The van der Waals surface area contributed by atoms with E-state index in [1.165, 1.54) is 0 Å². The van der Waals surface area contributed by atoms with Gasteiger partial charge in [-0.3, -0.25) is 0 Å². The highest BCUT2D eigenvalue weighted by Gasteiger charge is 2.06. The van der Waals surface area contributed by atoms with Crippen LogP contribution in [-0.4, -0.2) is 18.8 Å². The van der Waals surface area contributed by atoms with Gasteiger partial charge >= 0.3 is 0 Å². The molecule has 108 valence electrons. The fraction of sp³-hybridized carbons (Fsp3) is 0.222. The Hall–Kier alpha value is -2.28. The lowest BCUT2D eigenvalue weighted by Crippen LogP contribution is -2.06. The summed E-state index contributed by atoms with van der Waals surface area (Å²) in [7, 11) is 1.63. The maximum atomic E-state index is 9.96. The van der Waals surface area contributed by atoms with Crippen molar-refractivity contribution in [2.24, 2.45) is 5.73 Å². The van der Waals surface area contributed by atoms with E-state index in [9.17, 15) is 5.11 Å². The van der Waals surface area contributed by atoms with Crippen LogP contribution >= 0.6 is 0 Å². The number of aliphatic hydroxyl groups excluding tert-OH is 1. The number of aliphatic hydroxyl groups is 1. The summed E-state index contributed by atoms with van der Waals surface area (Å²) in [6.07, 6.45) is 0.00615. The van der Waals surface area contributed by atoms with E-state index in [2.05, 4.69) is 11.8 Å². The van der Waals surface area contributed by atoms with Gasteiger partial charge in [0.2, 0.25) is 0 Å². The van der Waals surface area contributed by atoms with Gasteiger partial charge in [0.1, 0.15) is 5.75 Å². The van der Waals surface area contributed by atoms with Crippen LogP contribution in [0.1, 0.15) is 29.2 Å². The Morgan fingerprint density at radius 3 is 2.71 bits per heavy atom. The first-order valence-electron chi connectivity index (χ1n) is 6.87. The number of rotatable bonds is 4. The van der Waals surface area contributed by atoms with Crippen LogP contribution < -0.4 is 10.5 Å². The Morgan fingerprint density at radius 1 is 1.14 bits per heavy atom. The Balaban J connectivity index is 2.24. The monoisotopic (exact) mass is 281 g/mol. The highest BCUT2D eigenvalue weighted by atomic mass is 16.5. The quantitative estimate of drug-likeness (QED) is 0.847. The molecule has 0 aliphatic heterocycles. The van der Waals surface area contributed by atoms with Crippen molar-refractivity contribution in [3.05, 3.63) is 65.2 Å². The predicted molar refractivity (Wildman–Crippen MR) is 84.0 cm³/mol. The van der Waals surface area contributed by atoms with Gasteiger partial charge in [-0.05, 0) is 42.8 Å². The van der Waals surface area contributed by atoms with Crippen LogP contribution in [0.3, 0.4) is 0 Å². The topological polar surface area (TPSA) is 55.5 Å². The van der Waals surface area contributed by atoms with Crippen molar-refractivity contribution in [3.8, 4) is 17.6 Å².